The number of methoxy groups -OCH3 is 1. The van der Waals surface area contributed by atoms with Crippen LogP contribution in [0.15, 0.2) is 45.6 Å². The zero-order chi connectivity index (χ0) is 30.6. The maximum Gasteiger partial charge on any atom is 0.237 e. The second kappa shape index (κ2) is 10.5. The molecular weight excluding hydrogens is 702 g/mol. The summed E-state index contributed by atoms with van der Waals surface area (Å²) in [7, 11) is 5.15. The van der Waals surface area contributed by atoms with Gasteiger partial charge in [0.2, 0.25) is 11.8 Å². The Morgan fingerprint density at radius 3 is 1.61 bits per heavy atom. The zero-order valence-electron chi connectivity index (χ0n) is 23.4. The molecule has 4 aromatic rings. The fraction of sp³-hybridized carbons (Fsp3) is 0.375. The summed E-state index contributed by atoms with van der Waals surface area (Å²) < 4.78 is 33.6. The van der Waals surface area contributed by atoms with Crippen LogP contribution in [0.3, 0.4) is 0 Å². The number of fused-ring (bicyclic) bond motifs is 8. The van der Waals surface area contributed by atoms with Crippen molar-refractivity contribution in [3.8, 4) is 0 Å². The maximum atomic E-state index is 13.8. The summed E-state index contributed by atoms with van der Waals surface area (Å²) in [5.41, 5.74) is 3.25. The molecule has 1 N–H and O–H groups in total. The molecule has 44 heavy (non-hydrogen) atoms. The first-order valence-electron chi connectivity index (χ1n) is 13.8. The third-order valence-electron chi connectivity index (χ3n) is 9.54. The monoisotopic (exact) mass is 730 g/mol. The van der Waals surface area contributed by atoms with Crippen LogP contribution in [-0.2, 0) is 25.2 Å². The van der Waals surface area contributed by atoms with Gasteiger partial charge in [0.25, 0.3) is 0 Å². The van der Waals surface area contributed by atoms with Crippen LogP contribution in [0.25, 0.3) is 21.8 Å². The Labute approximate surface area is 269 Å². The summed E-state index contributed by atoms with van der Waals surface area (Å²) in [6.07, 6.45) is 5.06. The van der Waals surface area contributed by atoms with Crippen LogP contribution in [-0.4, -0.2) is 60.3 Å². The molecule has 230 valence electrons. The van der Waals surface area contributed by atoms with Crippen molar-refractivity contribution in [1.82, 2.24) is 9.97 Å². The molecule has 0 bridgehead atoms. The Hall–Kier alpha value is -3.06. The lowest BCUT2D eigenvalue weighted by atomic mass is 9.62. The standard InChI is InChI=1S/C16H14BrFN2O2.C15H12BrFN2O2.CH4/c1-20-13-7-19-12-4-11(18)10(17)3-9(12)14(13)16(15(20)21)5-8(6-16)22-2;1-19-12-6-18-11-3-10(17)9(16)2-8(11)13(12)15(14(19)21)4-7(20)5-15;/h3-4,7-8H,5-6H2,1-2H3;2-3,6-7,20H,4-5H2,1H3;1H4. The number of pyridine rings is 2. The third-order valence-corrected chi connectivity index (χ3v) is 10.8. The highest BCUT2D eigenvalue weighted by Gasteiger charge is 2.59. The molecule has 2 amide bonds. The molecule has 12 heteroatoms. The van der Waals surface area contributed by atoms with Crippen LogP contribution >= 0.6 is 31.9 Å². The van der Waals surface area contributed by atoms with Gasteiger partial charge in [-0.2, -0.15) is 0 Å². The molecule has 2 fully saturated rings. The number of carbonyl (C=O) groups excluding carboxylic acids is 2. The lowest BCUT2D eigenvalue weighted by Crippen LogP contribution is -2.51. The second-order valence-corrected chi connectivity index (χ2v) is 13.5. The summed E-state index contributed by atoms with van der Waals surface area (Å²) >= 11 is 6.43. The third kappa shape index (κ3) is 4.10. The highest BCUT2D eigenvalue weighted by atomic mass is 79.9. The Balaban J connectivity index is 0.000000153. The zero-order valence-corrected chi connectivity index (χ0v) is 26.6. The molecular formula is C32H30Br2F2N4O4. The van der Waals surface area contributed by atoms with Gasteiger partial charge in [0.1, 0.15) is 11.6 Å². The number of hydrogen-bond acceptors (Lipinski definition) is 6. The van der Waals surface area contributed by atoms with E-state index in [0.29, 0.717) is 45.7 Å². The molecule has 2 saturated carbocycles. The average molecular weight is 732 g/mol. The Morgan fingerprint density at radius 1 is 0.818 bits per heavy atom. The summed E-state index contributed by atoms with van der Waals surface area (Å²) in [5, 5.41) is 11.3. The van der Waals surface area contributed by atoms with Gasteiger partial charge in [-0.1, -0.05) is 7.43 Å². The van der Waals surface area contributed by atoms with Gasteiger partial charge in [0, 0.05) is 55.2 Å². The van der Waals surface area contributed by atoms with E-state index >= 15 is 0 Å². The van der Waals surface area contributed by atoms with Crippen LogP contribution in [0, 0.1) is 11.6 Å². The number of halogens is 4. The van der Waals surface area contributed by atoms with E-state index in [4.69, 9.17) is 4.74 Å². The number of carbonyl (C=O) groups is 2. The van der Waals surface area contributed by atoms with Crippen molar-refractivity contribution in [3.05, 3.63) is 68.4 Å². The first-order valence-corrected chi connectivity index (χ1v) is 15.3. The van der Waals surface area contributed by atoms with Gasteiger partial charge in [-0.25, -0.2) is 8.78 Å². The minimum absolute atomic E-state index is 0. The normalized spacial score (nSPS) is 26.4. The predicted molar refractivity (Wildman–Crippen MR) is 171 cm³/mol. The van der Waals surface area contributed by atoms with Crippen molar-refractivity contribution < 1.29 is 28.2 Å². The summed E-state index contributed by atoms with van der Waals surface area (Å²) in [5.74, 6) is -0.673. The van der Waals surface area contributed by atoms with E-state index in [1.54, 1.807) is 55.5 Å². The molecule has 8 nitrogen and oxygen atoms in total. The number of likely N-dealkylation sites (N-methyl/N-ethyl adjacent to an activating group) is 2. The van der Waals surface area contributed by atoms with E-state index in [-0.39, 0.29) is 37.0 Å². The number of anilines is 2. The first-order chi connectivity index (χ1) is 20.4. The van der Waals surface area contributed by atoms with Crippen molar-refractivity contribution in [1.29, 1.82) is 0 Å². The van der Waals surface area contributed by atoms with E-state index in [0.717, 1.165) is 33.3 Å². The van der Waals surface area contributed by atoms with E-state index in [2.05, 4.69) is 41.8 Å². The number of ether oxygens (including phenoxy) is 1. The lowest BCUT2D eigenvalue weighted by molar-refractivity contribution is -0.132. The predicted octanol–water partition coefficient (Wildman–Crippen LogP) is 6.30. The first kappa shape index (κ1) is 30.9. The molecule has 2 aromatic heterocycles. The largest absolute Gasteiger partial charge is 0.393 e. The molecule has 8 rings (SSSR count). The summed E-state index contributed by atoms with van der Waals surface area (Å²) in [6, 6.07) is 6.17. The maximum absolute atomic E-state index is 13.8. The van der Waals surface area contributed by atoms with Crippen molar-refractivity contribution in [2.45, 2.75) is 56.1 Å². The number of rotatable bonds is 1. The van der Waals surface area contributed by atoms with Crippen LogP contribution in [0.2, 0.25) is 0 Å². The molecule has 2 aromatic carbocycles. The lowest BCUT2D eigenvalue weighted by Gasteiger charge is -2.43. The fourth-order valence-electron chi connectivity index (χ4n) is 7.33. The fourth-order valence-corrected chi connectivity index (χ4v) is 8.02. The minimum atomic E-state index is -0.679. The van der Waals surface area contributed by atoms with Crippen LogP contribution in [0.1, 0.15) is 44.2 Å². The van der Waals surface area contributed by atoms with Crippen molar-refractivity contribution >= 4 is 76.9 Å². The molecule has 0 atom stereocenters. The van der Waals surface area contributed by atoms with Gasteiger partial charge >= 0.3 is 0 Å². The van der Waals surface area contributed by atoms with Gasteiger partial charge in [-0.3, -0.25) is 19.6 Å². The molecule has 4 heterocycles. The average Bonchev–Trinajstić information content (AvgIpc) is 3.30. The molecule has 0 saturated heterocycles. The molecule has 0 radical (unpaired) electrons. The van der Waals surface area contributed by atoms with Gasteiger partial charge in [0.15, 0.2) is 0 Å². The SMILES string of the molecule is C.CN1C(=O)C2(CC(O)C2)c2c1cnc1cc(F)c(Br)cc21.COC1CC2(C1)C(=O)N(C)c1cnc3cc(F)c(Br)cc3c12. The van der Waals surface area contributed by atoms with Crippen molar-refractivity contribution in [3.63, 3.8) is 0 Å². The summed E-state index contributed by atoms with van der Waals surface area (Å²) in [4.78, 5) is 37.2. The molecule has 2 aliphatic carbocycles. The highest BCUT2D eigenvalue weighted by Crippen LogP contribution is 2.57. The molecule has 2 aliphatic heterocycles. The topological polar surface area (TPSA) is 95.9 Å². The van der Waals surface area contributed by atoms with E-state index in [1.807, 2.05) is 0 Å². The minimum Gasteiger partial charge on any atom is -0.393 e. The molecule has 0 unspecified atom stereocenters. The number of aliphatic hydroxyl groups excluding tert-OH is 1. The number of amides is 2. The highest BCUT2D eigenvalue weighted by molar-refractivity contribution is 9.10. The smallest absolute Gasteiger partial charge is 0.237 e. The van der Waals surface area contributed by atoms with Crippen molar-refractivity contribution in [2.24, 2.45) is 0 Å². The van der Waals surface area contributed by atoms with Gasteiger partial charge in [0.05, 0.1) is 66.8 Å². The van der Waals surface area contributed by atoms with E-state index in [9.17, 15) is 23.5 Å². The van der Waals surface area contributed by atoms with Crippen LogP contribution in [0.4, 0.5) is 20.2 Å². The quantitative estimate of drug-likeness (QED) is 0.247. The van der Waals surface area contributed by atoms with E-state index in [1.165, 1.54) is 12.1 Å². The molecule has 4 aliphatic rings. The van der Waals surface area contributed by atoms with Crippen LogP contribution in [0.5, 0.6) is 0 Å². The Morgan fingerprint density at radius 2 is 1.23 bits per heavy atom. The Kier molecular flexibility index (Phi) is 7.39. The van der Waals surface area contributed by atoms with Crippen molar-refractivity contribution in [2.75, 3.05) is 31.0 Å². The van der Waals surface area contributed by atoms with E-state index < -0.39 is 16.9 Å². The second-order valence-electron chi connectivity index (χ2n) is 11.8. The van der Waals surface area contributed by atoms with Crippen LogP contribution < -0.4 is 9.80 Å². The van der Waals surface area contributed by atoms with Gasteiger partial charge in [-0.05, 0) is 69.7 Å². The van der Waals surface area contributed by atoms with Gasteiger partial charge < -0.3 is 19.6 Å². The number of aromatic nitrogens is 2. The summed E-state index contributed by atoms with van der Waals surface area (Å²) in [6.45, 7) is 0. The number of aliphatic hydroxyl groups is 1. The number of nitrogens with zero attached hydrogens (tertiary/aromatic N) is 4. The number of benzene rings is 2. The number of hydrogen-bond donors (Lipinski definition) is 1. The molecule has 2 spiro atoms. The Bertz CT molecular complexity index is 1890. The van der Waals surface area contributed by atoms with Gasteiger partial charge in [-0.15, -0.1) is 0 Å².